The van der Waals surface area contributed by atoms with Gasteiger partial charge in [0, 0.05) is 6.54 Å². The van der Waals surface area contributed by atoms with Crippen LogP contribution in [0.1, 0.15) is 25.3 Å². The van der Waals surface area contributed by atoms with Crippen LogP contribution in [0.3, 0.4) is 0 Å². The highest BCUT2D eigenvalue weighted by atomic mass is 19.1. The lowest BCUT2D eigenvalue weighted by atomic mass is 10.1. The maximum Gasteiger partial charge on any atom is 0.326 e. The number of carboxylic acids is 1. The van der Waals surface area contributed by atoms with Crippen LogP contribution in [-0.4, -0.2) is 29.7 Å². The minimum Gasteiger partial charge on any atom is -0.480 e. The van der Waals surface area contributed by atoms with Crippen molar-refractivity contribution in [3.8, 4) is 0 Å². The fraction of sp³-hybridized carbons (Fsp3) is 0.429. The quantitative estimate of drug-likeness (QED) is 0.715. The number of halogens is 1. The van der Waals surface area contributed by atoms with Crippen molar-refractivity contribution in [3.05, 3.63) is 35.6 Å². The fourth-order valence-electron chi connectivity index (χ4n) is 1.77. The molecule has 0 aliphatic rings. The summed E-state index contributed by atoms with van der Waals surface area (Å²) >= 11 is 0. The molecule has 1 unspecified atom stereocenters. The van der Waals surface area contributed by atoms with E-state index in [0.29, 0.717) is 24.8 Å². The Labute approximate surface area is 117 Å². The first-order valence-electron chi connectivity index (χ1n) is 6.55. The van der Waals surface area contributed by atoms with Crippen LogP contribution in [0.15, 0.2) is 24.3 Å². The van der Waals surface area contributed by atoms with E-state index in [1.165, 1.54) is 6.07 Å². The molecule has 110 valence electrons. The summed E-state index contributed by atoms with van der Waals surface area (Å²) in [6.45, 7) is 2.08. The van der Waals surface area contributed by atoms with Gasteiger partial charge >= 0.3 is 12.0 Å². The smallest absolute Gasteiger partial charge is 0.326 e. The minimum atomic E-state index is -1.06. The van der Waals surface area contributed by atoms with Gasteiger partial charge in [-0.05, 0) is 24.5 Å². The summed E-state index contributed by atoms with van der Waals surface area (Å²) in [6, 6.07) is 4.88. The third-order valence-electron chi connectivity index (χ3n) is 2.82. The van der Waals surface area contributed by atoms with Gasteiger partial charge < -0.3 is 15.7 Å². The average Bonchev–Trinajstić information content (AvgIpc) is 2.40. The second-order valence-corrected chi connectivity index (χ2v) is 4.42. The molecule has 2 amide bonds. The molecule has 0 aliphatic heterocycles. The molecule has 1 aromatic carbocycles. The number of carbonyl (C=O) groups is 2. The molecule has 0 radical (unpaired) electrons. The Balaban J connectivity index is 2.36. The molecule has 1 atom stereocenters. The van der Waals surface area contributed by atoms with Crippen molar-refractivity contribution in [2.24, 2.45) is 0 Å². The summed E-state index contributed by atoms with van der Waals surface area (Å²) in [4.78, 5) is 22.4. The van der Waals surface area contributed by atoms with Gasteiger partial charge in [0.2, 0.25) is 0 Å². The predicted octanol–water partition coefficient (Wildman–Crippen LogP) is 1.92. The van der Waals surface area contributed by atoms with E-state index < -0.39 is 18.0 Å². The van der Waals surface area contributed by atoms with E-state index in [2.05, 4.69) is 10.6 Å². The number of amides is 2. The summed E-state index contributed by atoms with van der Waals surface area (Å²) in [7, 11) is 0. The molecule has 6 heteroatoms. The van der Waals surface area contributed by atoms with Crippen LogP contribution in [0.4, 0.5) is 9.18 Å². The van der Waals surface area contributed by atoms with E-state index in [1.54, 1.807) is 18.2 Å². The lowest BCUT2D eigenvalue weighted by Crippen LogP contribution is -2.46. The molecule has 1 rings (SSSR count). The van der Waals surface area contributed by atoms with Crippen LogP contribution in [0, 0.1) is 5.82 Å². The van der Waals surface area contributed by atoms with Gasteiger partial charge in [0.05, 0.1) is 0 Å². The second-order valence-electron chi connectivity index (χ2n) is 4.42. The minimum absolute atomic E-state index is 0.241. The van der Waals surface area contributed by atoms with Crippen molar-refractivity contribution in [3.63, 3.8) is 0 Å². The summed E-state index contributed by atoms with van der Waals surface area (Å²) < 4.78 is 13.3. The number of aliphatic carboxylic acids is 1. The number of hydrogen-bond acceptors (Lipinski definition) is 2. The fourth-order valence-corrected chi connectivity index (χ4v) is 1.77. The Morgan fingerprint density at radius 2 is 2.05 bits per heavy atom. The molecule has 0 spiro atoms. The molecular formula is C14H19FN2O3. The van der Waals surface area contributed by atoms with Gasteiger partial charge in [0.25, 0.3) is 0 Å². The van der Waals surface area contributed by atoms with E-state index in [9.17, 15) is 14.0 Å². The average molecular weight is 282 g/mol. The van der Waals surface area contributed by atoms with Gasteiger partial charge in [-0.25, -0.2) is 14.0 Å². The van der Waals surface area contributed by atoms with E-state index in [0.717, 1.165) is 0 Å². The van der Waals surface area contributed by atoms with Crippen LogP contribution in [-0.2, 0) is 11.2 Å². The predicted molar refractivity (Wildman–Crippen MR) is 73.0 cm³/mol. The number of carboxylic acid groups (broad SMARTS) is 1. The van der Waals surface area contributed by atoms with Crippen LogP contribution in [0.2, 0.25) is 0 Å². The van der Waals surface area contributed by atoms with Crippen LogP contribution in [0.5, 0.6) is 0 Å². The number of nitrogens with one attached hydrogen (secondary N) is 2. The SMILES string of the molecule is CCCC(NC(=O)NCCc1ccccc1F)C(=O)O. The maximum atomic E-state index is 13.3. The highest BCUT2D eigenvalue weighted by molar-refractivity contribution is 5.82. The van der Waals surface area contributed by atoms with Gasteiger partial charge in [0.15, 0.2) is 0 Å². The maximum absolute atomic E-state index is 13.3. The Kier molecular flexibility index (Phi) is 6.49. The van der Waals surface area contributed by atoms with E-state index in [4.69, 9.17) is 5.11 Å². The van der Waals surface area contributed by atoms with Gasteiger partial charge in [0.1, 0.15) is 11.9 Å². The number of carbonyl (C=O) groups excluding carboxylic acids is 1. The highest BCUT2D eigenvalue weighted by Crippen LogP contribution is 2.06. The normalized spacial score (nSPS) is 11.7. The first-order chi connectivity index (χ1) is 9.54. The zero-order valence-electron chi connectivity index (χ0n) is 11.4. The highest BCUT2D eigenvalue weighted by Gasteiger charge is 2.18. The summed E-state index contributed by atoms with van der Waals surface area (Å²) in [5, 5.41) is 13.8. The van der Waals surface area contributed by atoms with Crippen molar-refractivity contribution < 1.29 is 19.1 Å². The number of benzene rings is 1. The second kappa shape index (κ2) is 8.14. The topological polar surface area (TPSA) is 78.4 Å². The standard InChI is InChI=1S/C14H19FN2O3/c1-2-5-12(13(18)19)17-14(20)16-9-8-10-6-3-4-7-11(10)15/h3-4,6-7,12H,2,5,8-9H2,1H3,(H,18,19)(H2,16,17,20). The Morgan fingerprint density at radius 1 is 1.35 bits per heavy atom. The molecule has 0 bridgehead atoms. The molecule has 0 fully saturated rings. The zero-order chi connectivity index (χ0) is 15.0. The zero-order valence-corrected chi connectivity index (χ0v) is 11.4. The lowest BCUT2D eigenvalue weighted by Gasteiger charge is -2.14. The Morgan fingerprint density at radius 3 is 2.65 bits per heavy atom. The number of rotatable bonds is 7. The Hall–Kier alpha value is -2.11. The van der Waals surface area contributed by atoms with Crippen molar-refractivity contribution in [1.29, 1.82) is 0 Å². The van der Waals surface area contributed by atoms with Crippen LogP contribution < -0.4 is 10.6 Å². The van der Waals surface area contributed by atoms with Crippen molar-refractivity contribution in [2.75, 3.05) is 6.54 Å². The van der Waals surface area contributed by atoms with E-state index in [1.807, 2.05) is 6.92 Å². The van der Waals surface area contributed by atoms with Gasteiger partial charge in [-0.2, -0.15) is 0 Å². The summed E-state index contributed by atoms with van der Waals surface area (Å²) in [5.41, 5.74) is 0.510. The largest absolute Gasteiger partial charge is 0.480 e. The van der Waals surface area contributed by atoms with E-state index >= 15 is 0 Å². The molecule has 0 aromatic heterocycles. The van der Waals surface area contributed by atoms with Crippen LogP contribution >= 0.6 is 0 Å². The first kappa shape index (κ1) is 15.9. The van der Waals surface area contributed by atoms with Crippen LogP contribution in [0.25, 0.3) is 0 Å². The molecule has 0 saturated carbocycles. The summed E-state index contributed by atoms with van der Waals surface area (Å²) in [6.07, 6.45) is 1.38. The first-order valence-corrected chi connectivity index (χ1v) is 6.55. The molecule has 1 aromatic rings. The number of urea groups is 1. The van der Waals surface area contributed by atoms with Crippen molar-refractivity contribution >= 4 is 12.0 Å². The lowest BCUT2D eigenvalue weighted by molar-refractivity contribution is -0.139. The summed E-state index contributed by atoms with van der Waals surface area (Å²) in [5.74, 6) is -1.37. The van der Waals surface area contributed by atoms with Crippen molar-refractivity contribution in [2.45, 2.75) is 32.2 Å². The van der Waals surface area contributed by atoms with Gasteiger partial charge in [-0.1, -0.05) is 31.5 Å². The molecule has 20 heavy (non-hydrogen) atoms. The third-order valence-corrected chi connectivity index (χ3v) is 2.82. The molecule has 0 saturated heterocycles. The monoisotopic (exact) mass is 282 g/mol. The molecule has 5 nitrogen and oxygen atoms in total. The van der Waals surface area contributed by atoms with E-state index in [-0.39, 0.29) is 12.4 Å². The van der Waals surface area contributed by atoms with Gasteiger partial charge in [-0.15, -0.1) is 0 Å². The van der Waals surface area contributed by atoms with Gasteiger partial charge in [-0.3, -0.25) is 0 Å². The van der Waals surface area contributed by atoms with Crippen molar-refractivity contribution in [1.82, 2.24) is 10.6 Å². The number of hydrogen-bond donors (Lipinski definition) is 3. The molecule has 0 heterocycles. The third kappa shape index (κ3) is 5.26. The molecule has 0 aliphatic carbocycles. The Bertz CT molecular complexity index is 465. The molecule has 3 N–H and O–H groups in total. The molecular weight excluding hydrogens is 263 g/mol.